The predicted octanol–water partition coefficient (Wildman–Crippen LogP) is 5.46. The molecule has 0 bridgehead atoms. The Morgan fingerprint density at radius 3 is 2.10 bits per heavy atom. The zero-order valence-electron chi connectivity index (χ0n) is 29.0. The Bertz CT molecular complexity index is 999. The average molecular weight is 739 g/mol. The minimum absolute atomic E-state index is 0.0275. The monoisotopic (exact) mass is 738 g/mol. The van der Waals surface area contributed by atoms with E-state index in [9.17, 15) is 18.9 Å². The van der Waals surface area contributed by atoms with E-state index in [1.807, 2.05) is 0 Å². The number of carbonyl (C=O) groups is 2. The molecule has 4 rings (SSSR count). The van der Waals surface area contributed by atoms with Crippen LogP contribution in [-0.2, 0) is 52.4 Å². The average Bonchev–Trinajstić information content (AvgIpc) is 3.08. The van der Waals surface area contributed by atoms with Crippen molar-refractivity contribution < 1.29 is 55.7 Å². The number of rotatable bonds is 20. The van der Waals surface area contributed by atoms with Crippen LogP contribution in [0, 0.1) is 35.5 Å². The third-order valence-electron chi connectivity index (χ3n) is 10.7. The van der Waals surface area contributed by atoms with Gasteiger partial charge in [-0.3, -0.25) is 27.4 Å². The minimum atomic E-state index is -1.80. The summed E-state index contributed by atoms with van der Waals surface area (Å²) in [5, 5.41) is 21.8. The zero-order valence-corrected chi connectivity index (χ0v) is 30.6. The lowest BCUT2D eigenvalue weighted by molar-refractivity contribution is -0.258. The second kappa shape index (κ2) is 22.2. The Balaban J connectivity index is 1.05. The van der Waals surface area contributed by atoms with E-state index in [0.29, 0.717) is 63.6 Å². The number of hydrogen-bond donors (Lipinski definition) is 4. The molecule has 0 radical (unpaired) electrons. The highest BCUT2D eigenvalue weighted by Crippen LogP contribution is 2.36. The number of carbonyl (C=O) groups excluding carboxylic acids is 1. The molecule has 4 N–H and O–H groups in total. The van der Waals surface area contributed by atoms with Crippen LogP contribution in [0.5, 0.6) is 0 Å². The van der Waals surface area contributed by atoms with Gasteiger partial charge in [0.25, 0.3) is 0 Å². The topological polar surface area (TPSA) is 180 Å². The van der Waals surface area contributed by atoms with Gasteiger partial charge in [-0.1, -0.05) is 13.8 Å². The predicted molar refractivity (Wildman–Crippen MR) is 181 cm³/mol. The molecule has 0 saturated heterocycles. The second-order valence-electron chi connectivity index (χ2n) is 14.6. The summed E-state index contributed by atoms with van der Waals surface area (Å²) >= 11 is -1.06. The van der Waals surface area contributed by atoms with Gasteiger partial charge in [-0.05, 0) is 120 Å². The molecule has 0 aromatic carbocycles. The molecule has 0 aromatic heterocycles. The number of hydrogen-bond acceptors (Lipinski definition) is 13. The molecular weight excluding hydrogens is 680 g/mol. The molecule has 4 aliphatic carbocycles. The van der Waals surface area contributed by atoms with E-state index in [4.69, 9.17) is 31.9 Å². The van der Waals surface area contributed by atoms with Crippen LogP contribution >= 0.6 is 12.3 Å². The van der Waals surface area contributed by atoms with Gasteiger partial charge in [-0.15, -0.1) is 4.33 Å². The van der Waals surface area contributed by atoms with Gasteiger partial charge in [0, 0.05) is 13.1 Å². The molecule has 7 unspecified atom stereocenters. The molecule has 284 valence electrons. The maximum Gasteiger partial charge on any atom is 0.307 e. The molecule has 49 heavy (non-hydrogen) atoms. The first-order chi connectivity index (χ1) is 23.7. The summed E-state index contributed by atoms with van der Waals surface area (Å²) in [6.07, 6.45) is 11.3. The highest BCUT2D eigenvalue weighted by atomic mass is 32.2. The minimum Gasteiger partial charge on any atom is -0.481 e. The molecule has 4 saturated carbocycles. The van der Waals surface area contributed by atoms with Crippen molar-refractivity contribution >= 4 is 35.6 Å². The Labute approximate surface area is 297 Å². The highest BCUT2D eigenvalue weighted by Gasteiger charge is 2.40. The third-order valence-corrected chi connectivity index (χ3v) is 12.1. The summed E-state index contributed by atoms with van der Waals surface area (Å²) in [7, 11) is 0. The Morgan fingerprint density at radius 2 is 1.41 bits per heavy atom. The van der Waals surface area contributed by atoms with Crippen LogP contribution in [0.25, 0.3) is 0 Å². The summed E-state index contributed by atoms with van der Waals surface area (Å²) < 4.78 is 34.7. The van der Waals surface area contributed by atoms with Crippen molar-refractivity contribution in [1.29, 1.82) is 0 Å². The largest absolute Gasteiger partial charge is 0.481 e. The van der Waals surface area contributed by atoms with E-state index in [1.165, 1.54) is 0 Å². The number of nitrogens with one attached hydrogen (secondary N) is 2. The lowest BCUT2D eigenvalue weighted by Gasteiger charge is -2.34. The van der Waals surface area contributed by atoms with E-state index in [-0.39, 0.29) is 55.2 Å². The van der Waals surface area contributed by atoms with Gasteiger partial charge in [0.05, 0.1) is 49.5 Å². The molecule has 4 fully saturated rings. The number of carboxylic acids is 1. The number of amides is 1. The summed E-state index contributed by atoms with van der Waals surface area (Å²) in [6.45, 7) is 5.84. The standard InChI is InChI=1S/C33H58N2O12S2/c1-22-4-9-26(10-5-22)43-47-48-44-28-14-15-30(31(19-28)33(37)38)32(36)34-16-3-17-35-41-20-24-8-13-29(18-25(24)21-42-39)46-49(40)45-27-11-6-23(2)7-12-27/h22-31,35,39H,3-21H2,1-2H3,(H,34,36)(H,37,38). The maximum atomic E-state index is 12.9. The van der Waals surface area contributed by atoms with Gasteiger partial charge in [0.1, 0.15) is 0 Å². The zero-order chi connectivity index (χ0) is 35.0. The summed E-state index contributed by atoms with van der Waals surface area (Å²) in [5.41, 5.74) is 2.93. The first kappa shape index (κ1) is 40.8. The molecule has 0 aromatic rings. The lowest BCUT2D eigenvalue weighted by Crippen LogP contribution is -2.43. The molecule has 0 spiro atoms. The summed E-state index contributed by atoms with van der Waals surface area (Å²) in [6, 6.07) is 0. The number of aliphatic carboxylic acids is 1. The van der Waals surface area contributed by atoms with Crippen LogP contribution in [0.2, 0.25) is 0 Å². The Kier molecular flexibility index (Phi) is 18.5. The van der Waals surface area contributed by atoms with E-state index in [0.717, 1.165) is 70.1 Å². The van der Waals surface area contributed by atoms with Crippen LogP contribution in [-0.4, -0.2) is 77.2 Å². The SMILES string of the molecule is CC1CCC(OOSOC2CCC(C(=O)NCCCNOCC3CCC(OS(=O)OC4CCC(C)CC4)CC3COO)C(C(=O)O)C2)CC1. The fourth-order valence-corrected chi connectivity index (χ4v) is 8.80. The van der Waals surface area contributed by atoms with Gasteiger partial charge in [0.2, 0.25) is 5.91 Å². The highest BCUT2D eigenvalue weighted by molar-refractivity contribution is 7.89. The van der Waals surface area contributed by atoms with Crippen LogP contribution in [0.1, 0.15) is 110 Å². The first-order valence-corrected chi connectivity index (χ1v) is 19.9. The van der Waals surface area contributed by atoms with Crippen molar-refractivity contribution in [2.75, 3.05) is 26.3 Å². The van der Waals surface area contributed by atoms with Gasteiger partial charge in [-0.25, -0.2) is 15.3 Å². The molecule has 16 heteroatoms. The van der Waals surface area contributed by atoms with Crippen molar-refractivity contribution in [1.82, 2.24) is 10.8 Å². The van der Waals surface area contributed by atoms with Gasteiger partial charge < -0.3 is 15.3 Å². The second-order valence-corrected chi connectivity index (χ2v) is 15.8. The molecular formula is C33H58N2O12S2. The van der Waals surface area contributed by atoms with Gasteiger partial charge >= 0.3 is 17.3 Å². The molecule has 0 heterocycles. The fraction of sp³-hybridized carbons (Fsp3) is 0.939. The smallest absolute Gasteiger partial charge is 0.307 e. The molecule has 7 atom stereocenters. The third kappa shape index (κ3) is 14.6. The molecule has 1 amide bonds. The van der Waals surface area contributed by atoms with Crippen molar-refractivity contribution in [3.8, 4) is 0 Å². The van der Waals surface area contributed by atoms with Crippen molar-refractivity contribution in [3.63, 3.8) is 0 Å². The van der Waals surface area contributed by atoms with Crippen LogP contribution in [0.15, 0.2) is 0 Å². The van der Waals surface area contributed by atoms with E-state index in [1.54, 1.807) is 0 Å². The fourth-order valence-electron chi connectivity index (χ4n) is 7.48. The van der Waals surface area contributed by atoms with Crippen molar-refractivity contribution in [2.24, 2.45) is 35.5 Å². The van der Waals surface area contributed by atoms with Crippen LogP contribution in [0.4, 0.5) is 0 Å². The number of hydroxylamine groups is 1. The van der Waals surface area contributed by atoms with Gasteiger partial charge in [0.15, 0.2) is 12.3 Å². The van der Waals surface area contributed by atoms with Crippen LogP contribution < -0.4 is 10.8 Å². The van der Waals surface area contributed by atoms with E-state index < -0.39 is 29.2 Å². The quantitative estimate of drug-likeness (QED) is 0.0536. The molecule has 4 aliphatic rings. The maximum absolute atomic E-state index is 12.9. The van der Waals surface area contributed by atoms with Crippen LogP contribution in [0.3, 0.4) is 0 Å². The van der Waals surface area contributed by atoms with Crippen molar-refractivity contribution in [2.45, 2.75) is 135 Å². The summed E-state index contributed by atoms with van der Waals surface area (Å²) in [4.78, 5) is 40.5. The number of carboxylic acid groups (broad SMARTS) is 1. The van der Waals surface area contributed by atoms with E-state index >= 15 is 0 Å². The lowest BCUT2D eigenvalue weighted by atomic mass is 9.77. The molecule has 14 nitrogen and oxygen atoms in total. The van der Waals surface area contributed by atoms with Gasteiger partial charge in [-0.2, -0.15) is 4.21 Å². The summed E-state index contributed by atoms with van der Waals surface area (Å²) in [5.74, 6) is -1.28. The normalized spacial score (nSPS) is 34.7. The Hall–Kier alpha value is -0.920. The van der Waals surface area contributed by atoms with E-state index in [2.05, 4.69) is 29.5 Å². The van der Waals surface area contributed by atoms with Crippen molar-refractivity contribution in [3.05, 3.63) is 0 Å². The Morgan fingerprint density at radius 1 is 0.755 bits per heavy atom. The molecule has 0 aliphatic heterocycles. The first-order valence-electron chi connectivity index (χ1n) is 18.2.